The minimum absolute atomic E-state index is 0.251. The molecule has 0 aliphatic heterocycles. The van der Waals surface area contributed by atoms with Gasteiger partial charge in [0.25, 0.3) is 0 Å². The summed E-state index contributed by atoms with van der Waals surface area (Å²) in [5.41, 5.74) is 2.59. The molecule has 0 aromatic heterocycles. The summed E-state index contributed by atoms with van der Waals surface area (Å²) in [6.45, 7) is 4.63. The van der Waals surface area contributed by atoms with Gasteiger partial charge in [-0.25, -0.2) is 13.1 Å². The average molecular weight is 283 g/mol. The zero-order valence-electron chi connectivity index (χ0n) is 12.0. The molecule has 0 aliphatic rings. The van der Waals surface area contributed by atoms with Crippen molar-refractivity contribution in [3.63, 3.8) is 0 Å². The van der Waals surface area contributed by atoms with Crippen molar-refractivity contribution in [1.82, 2.24) is 4.72 Å². The molecule has 0 spiro atoms. The van der Waals surface area contributed by atoms with Crippen molar-refractivity contribution in [2.75, 3.05) is 12.3 Å². The van der Waals surface area contributed by atoms with Gasteiger partial charge in [-0.05, 0) is 38.2 Å². The minimum atomic E-state index is -3.04. The van der Waals surface area contributed by atoms with Crippen LogP contribution in [0, 0.1) is 6.92 Å². The molecule has 0 atom stereocenters. The molecule has 19 heavy (non-hydrogen) atoms. The standard InChI is InChI=1S/C15H25NO2S/c1-3-4-13-19(17,18)16-12-6-5-7-15-10-8-14(2)9-11-15/h8-11,16H,3-7,12-13H2,1-2H3. The van der Waals surface area contributed by atoms with Gasteiger partial charge in [-0.3, -0.25) is 0 Å². The van der Waals surface area contributed by atoms with E-state index >= 15 is 0 Å². The molecule has 0 aliphatic carbocycles. The molecule has 1 N–H and O–H groups in total. The predicted molar refractivity (Wildman–Crippen MR) is 80.8 cm³/mol. The SMILES string of the molecule is CCCCS(=O)(=O)NCCCCc1ccc(C)cc1. The number of nitrogens with one attached hydrogen (secondary N) is 1. The summed E-state index contributed by atoms with van der Waals surface area (Å²) < 4.78 is 25.8. The summed E-state index contributed by atoms with van der Waals surface area (Å²) in [6.07, 6.45) is 4.56. The quantitative estimate of drug-likeness (QED) is 0.708. The van der Waals surface area contributed by atoms with Crippen LogP contribution in [0.1, 0.15) is 43.7 Å². The van der Waals surface area contributed by atoms with Crippen molar-refractivity contribution in [2.45, 2.75) is 46.0 Å². The highest BCUT2D eigenvalue weighted by atomic mass is 32.2. The lowest BCUT2D eigenvalue weighted by atomic mass is 10.1. The van der Waals surface area contributed by atoms with Gasteiger partial charge < -0.3 is 0 Å². The Labute approximate surface area is 117 Å². The molecule has 108 valence electrons. The first-order valence-electron chi connectivity index (χ1n) is 7.06. The van der Waals surface area contributed by atoms with E-state index in [1.54, 1.807) is 0 Å². The van der Waals surface area contributed by atoms with E-state index in [1.807, 2.05) is 6.92 Å². The molecule has 0 radical (unpaired) electrons. The number of sulfonamides is 1. The average Bonchev–Trinajstić information content (AvgIpc) is 2.38. The maximum absolute atomic E-state index is 11.5. The fraction of sp³-hybridized carbons (Fsp3) is 0.600. The maximum atomic E-state index is 11.5. The van der Waals surface area contributed by atoms with Crippen LogP contribution in [0.5, 0.6) is 0 Å². The summed E-state index contributed by atoms with van der Waals surface area (Å²) in [6, 6.07) is 8.51. The van der Waals surface area contributed by atoms with Gasteiger partial charge in [-0.15, -0.1) is 0 Å². The highest BCUT2D eigenvalue weighted by Crippen LogP contribution is 2.07. The Morgan fingerprint density at radius 1 is 1.05 bits per heavy atom. The summed E-state index contributed by atoms with van der Waals surface area (Å²) in [7, 11) is -3.04. The lowest BCUT2D eigenvalue weighted by Gasteiger charge is -2.06. The van der Waals surface area contributed by atoms with Crippen LogP contribution in [-0.4, -0.2) is 20.7 Å². The van der Waals surface area contributed by atoms with E-state index in [4.69, 9.17) is 0 Å². The number of hydrogen-bond acceptors (Lipinski definition) is 2. The van der Waals surface area contributed by atoms with Crippen LogP contribution in [0.25, 0.3) is 0 Å². The molecule has 4 heteroatoms. The molecule has 0 fully saturated rings. The number of unbranched alkanes of at least 4 members (excludes halogenated alkanes) is 2. The molecule has 0 unspecified atom stereocenters. The van der Waals surface area contributed by atoms with Crippen LogP contribution in [-0.2, 0) is 16.4 Å². The Kier molecular flexibility index (Phi) is 7.10. The van der Waals surface area contributed by atoms with Crippen molar-refractivity contribution >= 4 is 10.0 Å². The lowest BCUT2D eigenvalue weighted by Crippen LogP contribution is -2.27. The van der Waals surface area contributed by atoms with Crippen LogP contribution >= 0.6 is 0 Å². The predicted octanol–water partition coefficient (Wildman–Crippen LogP) is 3.04. The number of rotatable bonds is 9. The Bertz CT molecular complexity index is 452. The fourth-order valence-electron chi connectivity index (χ4n) is 1.84. The van der Waals surface area contributed by atoms with E-state index in [9.17, 15) is 8.42 Å². The Balaban J connectivity index is 2.16. The molecule has 0 amide bonds. The second-order valence-corrected chi connectivity index (χ2v) is 6.94. The van der Waals surface area contributed by atoms with Gasteiger partial charge in [0.05, 0.1) is 5.75 Å². The Morgan fingerprint density at radius 2 is 1.74 bits per heavy atom. The zero-order valence-corrected chi connectivity index (χ0v) is 12.8. The highest BCUT2D eigenvalue weighted by Gasteiger charge is 2.07. The van der Waals surface area contributed by atoms with Crippen LogP contribution in [0.2, 0.25) is 0 Å². The Hall–Kier alpha value is -0.870. The van der Waals surface area contributed by atoms with E-state index in [1.165, 1.54) is 11.1 Å². The van der Waals surface area contributed by atoms with Crippen LogP contribution < -0.4 is 4.72 Å². The molecule has 1 aromatic rings. The first kappa shape index (κ1) is 16.2. The van der Waals surface area contributed by atoms with Gasteiger partial charge in [-0.1, -0.05) is 43.2 Å². The normalized spacial score (nSPS) is 11.7. The fourth-order valence-corrected chi connectivity index (χ4v) is 3.11. The topological polar surface area (TPSA) is 46.2 Å². The second-order valence-electron chi connectivity index (χ2n) is 5.01. The van der Waals surface area contributed by atoms with E-state index in [0.29, 0.717) is 6.54 Å². The van der Waals surface area contributed by atoms with Gasteiger partial charge >= 0.3 is 0 Å². The molecular formula is C15H25NO2S. The summed E-state index contributed by atoms with van der Waals surface area (Å²) in [4.78, 5) is 0. The van der Waals surface area contributed by atoms with E-state index < -0.39 is 10.0 Å². The first-order chi connectivity index (χ1) is 9.03. The van der Waals surface area contributed by atoms with Gasteiger partial charge in [0.2, 0.25) is 10.0 Å². The van der Waals surface area contributed by atoms with Crippen molar-refractivity contribution in [3.8, 4) is 0 Å². The maximum Gasteiger partial charge on any atom is 0.211 e. The Morgan fingerprint density at radius 3 is 2.37 bits per heavy atom. The summed E-state index contributed by atoms with van der Waals surface area (Å²) >= 11 is 0. The number of aryl methyl sites for hydroxylation is 2. The van der Waals surface area contributed by atoms with Crippen molar-refractivity contribution in [1.29, 1.82) is 0 Å². The summed E-state index contributed by atoms with van der Waals surface area (Å²) in [5.74, 6) is 0.251. The third-order valence-electron chi connectivity index (χ3n) is 3.10. The highest BCUT2D eigenvalue weighted by molar-refractivity contribution is 7.89. The van der Waals surface area contributed by atoms with E-state index in [0.717, 1.165) is 32.1 Å². The molecule has 0 heterocycles. The van der Waals surface area contributed by atoms with Gasteiger partial charge in [0, 0.05) is 6.54 Å². The molecule has 0 saturated carbocycles. The van der Waals surface area contributed by atoms with Crippen LogP contribution in [0.3, 0.4) is 0 Å². The lowest BCUT2D eigenvalue weighted by molar-refractivity contribution is 0.573. The van der Waals surface area contributed by atoms with E-state index in [-0.39, 0.29) is 5.75 Å². The molecule has 1 aromatic carbocycles. The first-order valence-corrected chi connectivity index (χ1v) is 8.71. The largest absolute Gasteiger partial charge is 0.215 e. The molecule has 3 nitrogen and oxygen atoms in total. The van der Waals surface area contributed by atoms with E-state index in [2.05, 4.69) is 35.9 Å². The molecule has 0 saturated heterocycles. The van der Waals surface area contributed by atoms with Gasteiger partial charge in [0.1, 0.15) is 0 Å². The van der Waals surface area contributed by atoms with Crippen LogP contribution in [0.15, 0.2) is 24.3 Å². The van der Waals surface area contributed by atoms with Gasteiger partial charge in [-0.2, -0.15) is 0 Å². The third-order valence-corrected chi connectivity index (χ3v) is 4.57. The monoisotopic (exact) mass is 283 g/mol. The van der Waals surface area contributed by atoms with Gasteiger partial charge in [0.15, 0.2) is 0 Å². The molecule has 1 rings (SSSR count). The van der Waals surface area contributed by atoms with Crippen molar-refractivity contribution < 1.29 is 8.42 Å². The number of hydrogen-bond donors (Lipinski definition) is 1. The zero-order chi connectivity index (χ0) is 14.1. The summed E-state index contributed by atoms with van der Waals surface area (Å²) in [5, 5.41) is 0. The molecule has 0 bridgehead atoms. The smallest absolute Gasteiger partial charge is 0.211 e. The van der Waals surface area contributed by atoms with Crippen molar-refractivity contribution in [3.05, 3.63) is 35.4 Å². The minimum Gasteiger partial charge on any atom is -0.215 e. The number of benzene rings is 1. The van der Waals surface area contributed by atoms with Crippen molar-refractivity contribution in [2.24, 2.45) is 0 Å². The second kappa shape index (κ2) is 8.33. The molecular weight excluding hydrogens is 258 g/mol. The van der Waals surface area contributed by atoms with Crippen LogP contribution in [0.4, 0.5) is 0 Å². The third kappa shape index (κ3) is 7.33.